The molecule has 2 N–H and O–H groups in total. The monoisotopic (exact) mass is 373 g/mol. The van der Waals surface area contributed by atoms with Crippen molar-refractivity contribution in [3.05, 3.63) is 24.3 Å². The third kappa shape index (κ3) is 3.80. The minimum absolute atomic E-state index is 0.0205. The van der Waals surface area contributed by atoms with Gasteiger partial charge in [-0.15, -0.1) is 0 Å². The normalized spacial score (nSPS) is 22.8. The number of nitrogens with one attached hydrogen (secondary N) is 2. The average Bonchev–Trinajstić information content (AvgIpc) is 3.21. The molecular formula is C15H23N3O4S2. The van der Waals surface area contributed by atoms with Crippen molar-refractivity contribution in [2.45, 2.75) is 35.1 Å². The van der Waals surface area contributed by atoms with E-state index in [2.05, 4.69) is 10.0 Å². The van der Waals surface area contributed by atoms with Gasteiger partial charge in [-0.2, -0.15) is 4.31 Å². The maximum Gasteiger partial charge on any atom is 0.243 e. The van der Waals surface area contributed by atoms with Gasteiger partial charge in [-0.25, -0.2) is 21.6 Å². The van der Waals surface area contributed by atoms with Crippen LogP contribution in [0.3, 0.4) is 0 Å². The van der Waals surface area contributed by atoms with Gasteiger partial charge in [0.1, 0.15) is 0 Å². The fourth-order valence-corrected chi connectivity index (χ4v) is 5.74. The van der Waals surface area contributed by atoms with Crippen molar-refractivity contribution >= 4 is 20.0 Å². The van der Waals surface area contributed by atoms with Gasteiger partial charge >= 0.3 is 0 Å². The molecule has 2 aliphatic rings. The van der Waals surface area contributed by atoms with E-state index >= 15 is 0 Å². The predicted octanol–water partition coefficient (Wildman–Crippen LogP) is 0.357. The molecule has 7 nitrogen and oxygen atoms in total. The lowest BCUT2D eigenvalue weighted by molar-refractivity contribution is 0.451. The van der Waals surface area contributed by atoms with Crippen LogP contribution in [0.2, 0.25) is 0 Å². The van der Waals surface area contributed by atoms with Gasteiger partial charge in [0.15, 0.2) is 0 Å². The van der Waals surface area contributed by atoms with Crippen molar-refractivity contribution in [1.82, 2.24) is 14.3 Å². The Labute approximate surface area is 143 Å². The number of sulfonamides is 2. The molecule has 24 heavy (non-hydrogen) atoms. The summed E-state index contributed by atoms with van der Waals surface area (Å²) in [5.41, 5.74) is 0. The van der Waals surface area contributed by atoms with Gasteiger partial charge < -0.3 is 5.32 Å². The van der Waals surface area contributed by atoms with Crippen molar-refractivity contribution in [2.75, 3.05) is 26.7 Å². The van der Waals surface area contributed by atoms with Crippen molar-refractivity contribution in [1.29, 1.82) is 0 Å². The van der Waals surface area contributed by atoms with Crippen LogP contribution in [0, 0.1) is 5.92 Å². The van der Waals surface area contributed by atoms with Crippen LogP contribution in [-0.2, 0) is 20.0 Å². The molecule has 2 fully saturated rings. The number of rotatable bonds is 7. The summed E-state index contributed by atoms with van der Waals surface area (Å²) in [4.78, 5) is 0.237. The average molecular weight is 374 g/mol. The lowest BCUT2D eigenvalue weighted by atomic mass is 10.1. The fraction of sp³-hybridized carbons (Fsp3) is 0.600. The second kappa shape index (κ2) is 6.72. The summed E-state index contributed by atoms with van der Waals surface area (Å²) in [6.45, 7) is 1.78. The summed E-state index contributed by atoms with van der Waals surface area (Å²) in [5, 5.41) is 3.07. The van der Waals surface area contributed by atoms with Crippen molar-refractivity contribution in [3.8, 4) is 0 Å². The fourth-order valence-electron chi connectivity index (χ4n) is 2.90. The molecule has 1 aliphatic heterocycles. The molecule has 1 unspecified atom stereocenters. The van der Waals surface area contributed by atoms with Crippen molar-refractivity contribution in [2.24, 2.45) is 5.92 Å². The molecule has 3 rings (SSSR count). The Bertz CT molecular complexity index is 787. The van der Waals surface area contributed by atoms with Crippen molar-refractivity contribution < 1.29 is 16.8 Å². The molecular weight excluding hydrogens is 350 g/mol. The van der Waals surface area contributed by atoms with E-state index in [9.17, 15) is 16.8 Å². The molecule has 1 atom stereocenters. The van der Waals surface area contributed by atoms with Crippen LogP contribution in [0.5, 0.6) is 0 Å². The van der Waals surface area contributed by atoms with Crippen LogP contribution in [0.15, 0.2) is 34.1 Å². The number of hydrogen-bond acceptors (Lipinski definition) is 5. The van der Waals surface area contributed by atoms with Crippen LogP contribution in [0.4, 0.5) is 0 Å². The zero-order valence-electron chi connectivity index (χ0n) is 13.6. The van der Waals surface area contributed by atoms with Gasteiger partial charge in [0.05, 0.1) is 9.79 Å². The van der Waals surface area contributed by atoms with E-state index in [1.54, 1.807) is 0 Å². The number of nitrogens with zero attached hydrogens (tertiary/aromatic N) is 1. The summed E-state index contributed by atoms with van der Waals surface area (Å²) >= 11 is 0. The second-order valence-corrected chi connectivity index (χ2v) is 10.1. The van der Waals surface area contributed by atoms with E-state index < -0.39 is 20.0 Å². The molecule has 0 aromatic heterocycles. The third-order valence-corrected chi connectivity index (χ3v) is 7.83. The summed E-state index contributed by atoms with van der Waals surface area (Å²) in [6, 6.07) is 5.49. The molecule has 1 aromatic carbocycles. The van der Waals surface area contributed by atoms with Crippen LogP contribution in [0.1, 0.15) is 19.3 Å². The molecule has 0 spiro atoms. The number of benzene rings is 1. The molecule has 1 heterocycles. The molecule has 0 bridgehead atoms. The Hall–Kier alpha value is -1.00. The zero-order valence-corrected chi connectivity index (χ0v) is 15.2. The van der Waals surface area contributed by atoms with E-state index in [0.29, 0.717) is 19.0 Å². The lowest BCUT2D eigenvalue weighted by Crippen LogP contribution is -2.30. The first kappa shape index (κ1) is 17.8. The quantitative estimate of drug-likeness (QED) is 0.719. The van der Waals surface area contributed by atoms with E-state index in [0.717, 1.165) is 25.8 Å². The number of hydrogen-bond donors (Lipinski definition) is 2. The highest BCUT2D eigenvalue weighted by Crippen LogP contribution is 2.26. The first-order valence-corrected chi connectivity index (χ1v) is 11.0. The first-order chi connectivity index (χ1) is 11.3. The Morgan fingerprint density at radius 2 is 1.67 bits per heavy atom. The smallest absolute Gasteiger partial charge is 0.243 e. The lowest BCUT2D eigenvalue weighted by Gasteiger charge is -2.17. The highest BCUT2D eigenvalue weighted by atomic mass is 32.2. The standard InChI is InChI=1S/C15H23N3O4S2/c1-16-10-12-8-9-18(11-12)24(21,22)15-6-4-14(5-7-15)23(19,20)17-13-2-3-13/h4-7,12-13,16-17H,2-3,8-11H2,1H3. The van der Waals surface area contributed by atoms with Gasteiger partial charge in [0, 0.05) is 19.1 Å². The summed E-state index contributed by atoms with van der Waals surface area (Å²) in [7, 11) is -5.28. The largest absolute Gasteiger partial charge is 0.319 e. The summed E-state index contributed by atoms with van der Waals surface area (Å²) < 4.78 is 53.7. The highest BCUT2D eigenvalue weighted by Gasteiger charge is 2.33. The molecule has 1 aliphatic carbocycles. The molecule has 0 amide bonds. The topological polar surface area (TPSA) is 95.6 Å². The van der Waals surface area contributed by atoms with E-state index in [-0.39, 0.29) is 15.8 Å². The Morgan fingerprint density at radius 3 is 2.25 bits per heavy atom. The molecule has 0 radical (unpaired) electrons. The third-order valence-electron chi connectivity index (χ3n) is 4.41. The molecule has 134 valence electrons. The Kier molecular flexibility index (Phi) is 4.99. The second-order valence-electron chi connectivity index (χ2n) is 6.44. The minimum atomic E-state index is -3.57. The van der Waals surface area contributed by atoms with Gasteiger partial charge in [-0.3, -0.25) is 0 Å². The van der Waals surface area contributed by atoms with Gasteiger partial charge in [-0.05, 0) is 63.0 Å². The van der Waals surface area contributed by atoms with Crippen LogP contribution in [0.25, 0.3) is 0 Å². The van der Waals surface area contributed by atoms with Crippen LogP contribution >= 0.6 is 0 Å². The predicted molar refractivity (Wildman–Crippen MR) is 90.6 cm³/mol. The van der Waals surface area contributed by atoms with E-state index in [1.165, 1.54) is 28.6 Å². The maximum atomic E-state index is 12.7. The Balaban J connectivity index is 1.75. The first-order valence-electron chi connectivity index (χ1n) is 8.10. The SMILES string of the molecule is CNCC1CCN(S(=O)(=O)c2ccc(S(=O)(=O)NC3CC3)cc2)C1. The maximum absolute atomic E-state index is 12.7. The Morgan fingerprint density at radius 1 is 1.04 bits per heavy atom. The van der Waals surface area contributed by atoms with Crippen molar-refractivity contribution in [3.63, 3.8) is 0 Å². The van der Waals surface area contributed by atoms with Gasteiger partial charge in [0.2, 0.25) is 20.0 Å². The summed E-state index contributed by atoms with van der Waals surface area (Å²) in [5.74, 6) is 0.312. The zero-order chi connectivity index (χ0) is 17.4. The summed E-state index contributed by atoms with van der Waals surface area (Å²) in [6.07, 6.45) is 2.54. The van der Waals surface area contributed by atoms with Crippen LogP contribution < -0.4 is 10.0 Å². The van der Waals surface area contributed by atoms with Gasteiger partial charge in [0.25, 0.3) is 0 Å². The van der Waals surface area contributed by atoms with E-state index in [4.69, 9.17) is 0 Å². The highest BCUT2D eigenvalue weighted by molar-refractivity contribution is 7.89. The molecule has 1 saturated heterocycles. The molecule has 1 saturated carbocycles. The molecule has 1 aromatic rings. The van der Waals surface area contributed by atoms with Gasteiger partial charge in [-0.1, -0.05) is 0 Å². The minimum Gasteiger partial charge on any atom is -0.319 e. The van der Waals surface area contributed by atoms with E-state index in [1.807, 2.05) is 7.05 Å². The van der Waals surface area contributed by atoms with Crippen LogP contribution in [-0.4, -0.2) is 53.9 Å². The molecule has 9 heteroatoms.